The van der Waals surface area contributed by atoms with Crippen molar-refractivity contribution in [2.24, 2.45) is 5.92 Å². The van der Waals surface area contributed by atoms with Crippen LogP contribution in [0.2, 0.25) is 0 Å². The van der Waals surface area contributed by atoms with Crippen LogP contribution in [0, 0.1) is 5.92 Å². The standard InChI is InChI=1S/C15H30O3/c1-6-12-15(4,5)18-17-14(16)11-9-7-8-10-13(2)3/h13H,6-12H2,1-5H3. The average molecular weight is 258 g/mol. The van der Waals surface area contributed by atoms with Crippen molar-refractivity contribution in [3.05, 3.63) is 0 Å². The van der Waals surface area contributed by atoms with Gasteiger partial charge in [0.2, 0.25) is 0 Å². The lowest BCUT2D eigenvalue weighted by Gasteiger charge is -2.21. The predicted octanol–water partition coefficient (Wildman–Crippen LogP) is 4.65. The molecule has 0 atom stereocenters. The predicted molar refractivity (Wildman–Crippen MR) is 74.1 cm³/mol. The lowest BCUT2D eigenvalue weighted by molar-refractivity contribution is -0.326. The van der Waals surface area contributed by atoms with Gasteiger partial charge in [0, 0.05) is 6.42 Å². The molecule has 0 aromatic rings. The minimum atomic E-state index is -0.373. The van der Waals surface area contributed by atoms with Gasteiger partial charge in [-0.2, -0.15) is 4.89 Å². The van der Waals surface area contributed by atoms with Gasteiger partial charge in [-0.15, -0.1) is 0 Å². The van der Waals surface area contributed by atoms with E-state index in [1.165, 1.54) is 12.8 Å². The third-order valence-electron chi connectivity index (χ3n) is 2.87. The molecular formula is C15H30O3. The van der Waals surface area contributed by atoms with E-state index in [2.05, 4.69) is 20.8 Å². The normalized spacial score (nSPS) is 11.9. The van der Waals surface area contributed by atoms with E-state index in [-0.39, 0.29) is 11.6 Å². The molecule has 3 heteroatoms. The molecule has 0 heterocycles. The smallest absolute Gasteiger partial charge is 0.298 e. The summed E-state index contributed by atoms with van der Waals surface area (Å²) in [5.74, 6) is 0.499. The molecule has 0 rings (SSSR count). The van der Waals surface area contributed by atoms with Gasteiger partial charge in [-0.05, 0) is 32.6 Å². The van der Waals surface area contributed by atoms with Gasteiger partial charge in [-0.3, -0.25) is 4.89 Å². The van der Waals surface area contributed by atoms with E-state index >= 15 is 0 Å². The number of rotatable bonds is 10. The van der Waals surface area contributed by atoms with E-state index in [1.807, 2.05) is 13.8 Å². The monoisotopic (exact) mass is 258 g/mol. The van der Waals surface area contributed by atoms with Gasteiger partial charge < -0.3 is 0 Å². The molecular weight excluding hydrogens is 228 g/mol. The Morgan fingerprint density at radius 1 is 1.17 bits per heavy atom. The minimum absolute atomic E-state index is 0.247. The molecule has 0 saturated carbocycles. The van der Waals surface area contributed by atoms with Gasteiger partial charge in [0.05, 0.1) is 0 Å². The Labute approximate surface area is 112 Å². The Morgan fingerprint density at radius 3 is 2.39 bits per heavy atom. The van der Waals surface area contributed by atoms with Crippen molar-refractivity contribution in [3.8, 4) is 0 Å². The number of carbonyl (C=O) groups excluding carboxylic acids is 1. The molecule has 0 saturated heterocycles. The maximum atomic E-state index is 11.4. The van der Waals surface area contributed by atoms with Crippen LogP contribution in [-0.2, 0) is 14.6 Å². The van der Waals surface area contributed by atoms with E-state index in [0.717, 1.165) is 31.6 Å². The van der Waals surface area contributed by atoms with Crippen molar-refractivity contribution in [2.45, 2.75) is 85.2 Å². The maximum absolute atomic E-state index is 11.4. The lowest BCUT2D eigenvalue weighted by atomic mass is 10.0. The van der Waals surface area contributed by atoms with E-state index in [0.29, 0.717) is 6.42 Å². The molecule has 0 aromatic heterocycles. The van der Waals surface area contributed by atoms with Crippen molar-refractivity contribution >= 4 is 5.97 Å². The molecule has 0 aromatic carbocycles. The summed E-state index contributed by atoms with van der Waals surface area (Å²) in [6, 6.07) is 0. The second-order valence-electron chi connectivity index (χ2n) is 6.04. The molecule has 18 heavy (non-hydrogen) atoms. The fraction of sp³-hybridized carbons (Fsp3) is 0.933. The summed E-state index contributed by atoms with van der Waals surface area (Å²) in [5.41, 5.74) is -0.373. The summed E-state index contributed by atoms with van der Waals surface area (Å²) >= 11 is 0. The van der Waals surface area contributed by atoms with Crippen molar-refractivity contribution < 1.29 is 14.6 Å². The van der Waals surface area contributed by atoms with Gasteiger partial charge >= 0.3 is 5.97 Å². The fourth-order valence-electron chi connectivity index (χ4n) is 1.84. The first-order valence-corrected chi connectivity index (χ1v) is 7.26. The molecule has 0 unspecified atom stereocenters. The summed E-state index contributed by atoms with van der Waals surface area (Å²) in [4.78, 5) is 21.5. The highest BCUT2D eigenvalue weighted by Crippen LogP contribution is 2.17. The van der Waals surface area contributed by atoms with Crippen LogP contribution in [-0.4, -0.2) is 11.6 Å². The van der Waals surface area contributed by atoms with Crippen LogP contribution < -0.4 is 0 Å². The van der Waals surface area contributed by atoms with E-state index in [4.69, 9.17) is 9.78 Å². The quantitative estimate of drug-likeness (QED) is 0.325. The SMILES string of the molecule is CCCC(C)(C)OOC(=O)CCCCCC(C)C. The summed E-state index contributed by atoms with van der Waals surface area (Å²) in [6.45, 7) is 10.4. The van der Waals surface area contributed by atoms with Crippen LogP contribution in [0.1, 0.15) is 79.6 Å². The molecule has 0 spiro atoms. The summed E-state index contributed by atoms with van der Waals surface area (Å²) in [7, 11) is 0. The van der Waals surface area contributed by atoms with Crippen molar-refractivity contribution in [1.29, 1.82) is 0 Å². The highest BCUT2D eigenvalue weighted by Gasteiger charge is 2.20. The van der Waals surface area contributed by atoms with Crippen LogP contribution in [0.25, 0.3) is 0 Å². The first kappa shape index (κ1) is 17.4. The van der Waals surface area contributed by atoms with Crippen LogP contribution >= 0.6 is 0 Å². The Kier molecular flexibility index (Phi) is 9.08. The van der Waals surface area contributed by atoms with Crippen LogP contribution in [0.4, 0.5) is 0 Å². The van der Waals surface area contributed by atoms with Crippen LogP contribution in [0.5, 0.6) is 0 Å². The highest BCUT2D eigenvalue weighted by molar-refractivity contribution is 5.68. The molecule has 0 aliphatic rings. The molecule has 0 fully saturated rings. The van der Waals surface area contributed by atoms with E-state index in [1.54, 1.807) is 0 Å². The average Bonchev–Trinajstić information content (AvgIpc) is 2.25. The van der Waals surface area contributed by atoms with Crippen molar-refractivity contribution in [2.75, 3.05) is 0 Å². The van der Waals surface area contributed by atoms with E-state index < -0.39 is 0 Å². The third-order valence-corrected chi connectivity index (χ3v) is 2.87. The second-order valence-corrected chi connectivity index (χ2v) is 6.04. The zero-order valence-corrected chi connectivity index (χ0v) is 12.8. The molecule has 3 nitrogen and oxygen atoms in total. The lowest BCUT2D eigenvalue weighted by Crippen LogP contribution is -2.25. The first-order chi connectivity index (χ1) is 8.37. The zero-order chi connectivity index (χ0) is 14.0. The summed E-state index contributed by atoms with van der Waals surface area (Å²) < 4.78 is 0. The second kappa shape index (κ2) is 9.37. The Balaban J connectivity index is 3.54. The van der Waals surface area contributed by atoms with Gasteiger partial charge in [0.1, 0.15) is 5.60 Å². The zero-order valence-electron chi connectivity index (χ0n) is 12.8. The topological polar surface area (TPSA) is 35.5 Å². The molecule has 0 aliphatic heterocycles. The first-order valence-electron chi connectivity index (χ1n) is 7.26. The molecule has 0 amide bonds. The van der Waals surface area contributed by atoms with Gasteiger partial charge in [-0.25, -0.2) is 4.79 Å². The molecule has 0 radical (unpaired) electrons. The number of unbranched alkanes of at least 4 members (excludes halogenated alkanes) is 2. The van der Waals surface area contributed by atoms with Crippen LogP contribution in [0.15, 0.2) is 0 Å². The Hall–Kier alpha value is -0.570. The largest absolute Gasteiger partial charge is 0.342 e. The molecule has 0 aliphatic carbocycles. The Bertz CT molecular complexity index is 222. The fourth-order valence-corrected chi connectivity index (χ4v) is 1.84. The number of hydrogen-bond acceptors (Lipinski definition) is 3. The molecule has 108 valence electrons. The van der Waals surface area contributed by atoms with Gasteiger partial charge in [0.15, 0.2) is 0 Å². The highest BCUT2D eigenvalue weighted by atomic mass is 17.2. The molecule has 0 N–H and O–H groups in total. The van der Waals surface area contributed by atoms with Gasteiger partial charge in [0.25, 0.3) is 0 Å². The third kappa shape index (κ3) is 10.6. The van der Waals surface area contributed by atoms with Gasteiger partial charge in [-0.1, -0.05) is 46.5 Å². The summed E-state index contributed by atoms with van der Waals surface area (Å²) in [5, 5.41) is 0. The van der Waals surface area contributed by atoms with E-state index in [9.17, 15) is 4.79 Å². The van der Waals surface area contributed by atoms with Crippen molar-refractivity contribution in [3.63, 3.8) is 0 Å². The number of carbonyl (C=O) groups is 1. The van der Waals surface area contributed by atoms with Crippen LogP contribution in [0.3, 0.4) is 0 Å². The Morgan fingerprint density at radius 2 is 1.83 bits per heavy atom. The summed E-state index contributed by atoms with van der Waals surface area (Å²) in [6.07, 6.45) is 6.76. The number of hydrogen-bond donors (Lipinski definition) is 0. The van der Waals surface area contributed by atoms with Crippen molar-refractivity contribution in [1.82, 2.24) is 0 Å². The molecule has 0 bridgehead atoms. The minimum Gasteiger partial charge on any atom is -0.298 e. The maximum Gasteiger partial charge on any atom is 0.342 e.